The first kappa shape index (κ1) is 20.1. The van der Waals surface area contributed by atoms with Gasteiger partial charge in [-0.15, -0.1) is 5.10 Å². The quantitative estimate of drug-likeness (QED) is 0.505. The number of nitrogens with zero attached hydrogens (tertiary/aromatic N) is 5. The first-order valence-corrected chi connectivity index (χ1v) is 9.27. The van der Waals surface area contributed by atoms with Crippen molar-refractivity contribution in [3.8, 4) is 22.8 Å². The average Bonchev–Trinajstić information content (AvgIpc) is 3.16. The van der Waals surface area contributed by atoms with Crippen molar-refractivity contribution in [1.29, 1.82) is 0 Å². The molecule has 148 valence electrons. The van der Waals surface area contributed by atoms with Crippen LogP contribution in [0.4, 0.5) is 14.6 Å². The van der Waals surface area contributed by atoms with Gasteiger partial charge in [-0.05, 0) is 71.0 Å². The van der Waals surface area contributed by atoms with Gasteiger partial charge in [-0.3, -0.25) is 0 Å². The molecular formula is C17H18BrF2N7O. The fourth-order valence-corrected chi connectivity index (χ4v) is 2.86. The lowest BCUT2D eigenvalue weighted by molar-refractivity contribution is 0.286. The molecule has 0 amide bonds. The van der Waals surface area contributed by atoms with Gasteiger partial charge in [0.25, 0.3) is 0 Å². The molecule has 0 unspecified atom stereocenters. The van der Waals surface area contributed by atoms with E-state index in [4.69, 9.17) is 10.5 Å². The summed E-state index contributed by atoms with van der Waals surface area (Å²) in [5, 5.41) is 14.2. The van der Waals surface area contributed by atoms with Gasteiger partial charge in [0.2, 0.25) is 5.82 Å². The number of ether oxygens (including phenoxy) is 1. The molecule has 0 spiro atoms. The van der Waals surface area contributed by atoms with E-state index in [1.54, 1.807) is 6.07 Å². The van der Waals surface area contributed by atoms with E-state index in [-0.39, 0.29) is 29.7 Å². The number of anilines is 1. The Kier molecular flexibility index (Phi) is 6.47. The number of hydrogen-bond donors (Lipinski definition) is 2. The number of rotatable bonds is 8. The zero-order valence-electron chi connectivity index (χ0n) is 15.0. The molecule has 3 rings (SSSR count). The number of halogens is 3. The van der Waals surface area contributed by atoms with Gasteiger partial charge in [0.05, 0.1) is 12.2 Å². The minimum Gasteiger partial charge on any atom is -0.490 e. The van der Waals surface area contributed by atoms with Crippen LogP contribution in [0.1, 0.15) is 12.8 Å². The number of aromatic nitrogens is 5. The average molecular weight is 454 g/mol. The molecule has 0 radical (unpaired) electrons. The number of nitrogens with one attached hydrogen (secondary N) is 1. The summed E-state index contributed by atoms with van der Waals surface area (Å²) in [7, 11) is 1.85. The van der Waals surface area contributed by atoms with E-state index in [1.807, 2.05) is 7.05 Å². The molecule has 2 heterocycles. The largest absolute Gasteiger partial charge is 0.490 e. The third-order valence-corrected chi connectivity index (χ3v) is 4.36. The number of unbranched alkanes of at least 4 members (excludes halogenated alkanes) is 1. The number of hydrogen-bond acceptors (Lipinski definition) is 7. The highest BCUT2D eigenvalue weighted by atomic mass is 79.9. The van der Waals surface area contributed by atoms with E-state index < -0.39 is 11.6 Å². The van der Waals surface area contributed by atoms with Crippen LogP contribution in [0.15, 0.2) is 28.9 Å². The second kappa shape index (κ2) is 9.02. The van der Waals surface area contributed by atoms with Crippen LogP contribution in [0.2, 0.25) is 0 Å². The number of tetrazole rings is 1. The van der Waals surface area contributed by atoms with Crippen LogP contribution in [0.3, 0.4) is 0 Å². The summed E-state index contributed by atoms with van der Waals surface area (Å²) in [5.74, 6) is -2.10. The van der Waals surface area contributed by atoms with Crippen LogP contribution in [-0.4, -0.2) is 45.4 Å². The van der Waals surface area contributed by atoms with Gasteiger partial charge in [0, 0.05) is 10.7 Å². The fraction of sp³-hybridized carbons (Fsp3) is 0.294. The van der Waals surface area contributed by atoms with Gasteiger partial charge < -0.3 is 15.8 Å². The van der Waals surface area contributed by atoms with Crippen molar-refractivity contribution in [1.82, 2.24) is 30.5 Å². The van der Waals surface area contributed by atoms with Crippen molar-refractivity contribution >= 4 is 21.7 Å². The molecule has 0 fully saturated rings. The molecule has 0 saturated heterocycles. The molecule has 0 aliphatic rings. The maximum absolute atomic E-state index is 14.7. The van der Waals surface area contributed by atoms with Gasteiger partial charge >= 0.3 is 0 Å². The lowest BCUT2D eigenvalue weighted by atomic mass is 10.2. The Morgan fingerprint density at radius 1 is 1.25 bits per heavy atom. The first-order chi connectivity index (χ1) is 13.5. The highest BCUT2D eigenvalue weighted by Gasteiger charge is 2.21. The van der Waals surface area contributed by atoms with E-state index in [1.165, 1.54) is 18.3 Å². The maximum Gasteiger partial charge on any atom is 0.202 e. The summed E-state index contributed by atoms with van der Waals surface area (Å²) in [6.45, 7) is 1.11. The zero-order chi connectivity index (χ0) is 20.1. The van der Waals surface area contributed by atoms with Crippen molar-refractivity contribution in [2.24, 2.45) is 0 Å². The normalized spacial score (nSPS) is 11.0. The van der Waals surface area contributed by atoms with Gasteiger partial charge in [-0.1, -0.05) is 0 Å². The van der Waals surface area contributed by atoms with Crippen molar-refractivity contribution in [2.45, 2.75) is 12.8 Å². The van der Waals surface area contributed by atoms with Crippen LogP contribution < -0.4 is 15.8 Å². The van der Waals surface area contributed by atoms with Gasteiger partial charge in [-0.25, -0.2) is 9.37 Å². The number of pyridine rings is 1. The standard InChI is InChI=1S/C17H18BrF2N7O/c1-22-6-2-3-7-28-13-5-4-12(14(19)15(13)20)27-17(24-25-26-27)11-8-10(18)9-23-16(11)21/h4-5,8-9,22H,2-3,6-7H2,1H3,(H2,21,23). The second-order valence-electron chi connectivity index (χ2n) is 5.87. The summed E-state index contributed by atoms with van der Waals surface area (Å²) in [6.07, 6.45) is 3.10. The summed E-state index contributed by atoms with van der Waals surface area (Å²) < 4.78 is 36.2. The van der Waals surface area contributed by atoms with Crippen LogP contribution in [0.25, 0.3) is 17.1 Å². The molecule has 0 bridgehead atoms. The molecule has 11 heteroatoms. The Morgan fingerprint density at radius 3 is 2.86 bits per heavy atom. The molecule has 0 aliphatic heterocycles. The van der Waals surface area contributed by atoms with Crippen LogP contribution in [-0.2, 0) is 0 Å². The Balaban J connectivity index is 1.89. The molecule has 0 atom stereocenters. The van der Waals surface area contributed by atoms with Crippen LogP contribution >= 0.6 is 15.9 Å². The maximum atomic E-state index is 14.7. The molecule has 28 heavy (non-hydrogen) atoms. The second-order valence-corrected chi connectivity index (χ2v) is 6.79. The van der Waals surface area contributed by atoms with E-state index in [9.17, 15) is 8.78 Å². The van der Waals surface area contributed by atoms with Crippen LogP contribution in [0.5, 0.6) is 5.75 Å². The lowest BCUT2D eigenvalue weighted by Gasteiger charge is -2.11. The predicted octanol–water partition coefficient (Wildman–Crippen LogP) is 2.73. The molecule has 8 nitrogen and oxygen atoms in total. The van der Waals surface area contributed by atoms with E-state index in [2.05, 4.69) is 41.8 Å². The third-order valence-electron chi connectivity index (χ3n) is 3.93. The molecule has 0 saturated carbocycles. The van der Waals surface area contributed by atoms with Gasteiger partial charge in [-0.2, -0.15) is 9.07 Å². The highest BCUT2D eigenvalue weighted by molar-refractivity contribution is 9.10. The minimum atomic E-state index is -1.12. The highest BCUT2D eigenvalue weighted by Crippen LogP contribution is 2.30. The molecule has 0 aliphatic carbocycles. The smallest absolute Gasteiger partial charge is 0.202 e. The van der Waals surface area contributed by atoms with Crippen molar-refractivity contribution in [3.63, 3.8) is 0 Å². The Morgan fingerprint density at radius 2 is 2.07 bits per heavy atom. The summed E-state index contributed by atoms with van der Waals surface area (Å²) >= 11 is 3.29. The van der Waals surface area contributed by atoms with Crippen molar-refractivity contribution in [2.75, 3.05) is 25.9 Å². The molecule has 1 aromatic carbocycles. The number of benzene rings is 1. The zero-order valence-corrected chi connectivity index (χ0v) is 16.6. The monoisotopic (exact) mass is 453 g/mol. The third kappa shape index (κ3) is 4.25. The molecular weight excluding hydrogens is 436 g/mol. The topological polar surface area (TPSA) is 104 Å². The summed E-state index contributed by atoms with van der Waals surface area (Å²) in [6, 6.07) is 4.34. The number of nitrogen functional groups attached to an aromatic ring is 1. The summed E-state index contributed by atoms with van der Waals surface area (Å²) in [5.41, 5.74) is 6.09. The lowest BCUT2D eigenvalue weighted by Crippen LogP contribution is -2.10. The van der Waals surface area contributed by atoms with E-state index in [0.717, 1.165) is 24.1 Å². The van der Waals surface area contributed by atoms with Crippen molar-refractivity contribution in [3.05, 3.63) is 40.5 Å². The number of nitrogens with two attached hydrogens (primary N) is 1. The summed E-state index contributed by atoms with van der Waals surface area (Å²) in [4.78, 5) is 4.01. The Labute approximate surface area is 168 Å². The predicted molar refractivity (Wildman–Crippen MR) is 103 cm³/mol. The SMILES string of the molecule is CNCCCCOc1ccc(-n2nnnc2-c2cc(Br)cnc2N)c(F)c1F. The molecule has 2 aromatic heterocycles. The van der Waals surface area contributed by atoms with Crippen LogP contribution in [0, 0.1) is 11.6 Å². The Hall–Kier alpha value is -2.66. The molecule has 3 N–H and O–H groups in total. The molecule has 3 aromatic rings. The van der Waals surface area contributed by atoms with Gasteiger partial charge in [0.15, 0.2) is 17.4 Å². The van der Waals surface area contributed by atoms with Crippen molar-refractivity contribution < 1.29 is 13.5 Å². The van der Waals surface area contributed by atoms with Gasteiger partial charge in [0.1, 0.15) is 11.5 Å². The fourth-order valence-electron chi connectivity index (χ4n) is 2.53. The van der Waals surface area contributed by atoms with E-state index in [0.29, 0.717) is 10.0 Å². The minimum absolute atomic E-state index is 0.130. The Bertz CT molecular complexity index is 967. The van der Waals surface area contributed by atoms with E-state index >= 15 is 0 Å². The first-order valence-electron chi connectivity index (χ1n) is 8.48.